The lowest BCUT2D eigenvalue weighted by molar-refractivity contribution is -0.0171. The molecule has 1 aliphatic rings. The van der Waals surface area contributed by atoms with Crippen LogP contribution in [0.2, 0.25) is 0 Å². The van der Waals surface area contributed by atoms with E-state index in [9.17, 15) is 5.11 Å². The maximum Gasteiger partial charge on any atom is 0.0695 e. The zero-order valence-electron chi connectivity index (χ0n) is 13.1. The molecule has 0 aliphatic heterocycles. The molecular formula is C16H33NO. The van der Waals surface area contributed by atoms with E-state index in [4.69, 9.17) is 0 Å². The van der Waals surface area contributed by atoms with Crippen molar-refractivity contribution >= 4 is 0 Å². The van der Waals surface area contributed by atoms with E-state index >= 15 is 0 Å². The predicted octanol–water partition coefficient (Wildman–Crippen LogP) is 3.68. The van der Waals surface area contributed by atoms with Crippen molar-refractivity contribution in [3.05, 3.63) is 0 Å². The zero-order chi connectivity index (χ0) is 13.8. The van der Waals surface area contributed by atoms with Gasteiger partial charge >= 0.3 is 0 Å². The molecule has 1 rings (SSSR count). The van der Waals surface area contributed by atoms with E-state index in [1.54, 1.807) is 0 Å². The summed E-state index contributed by atoms with van der Waals surface area (Å²) < 4.78 is 0. The van der Waals surface area contributed by atoms with Gasteiger partial charge in [-0.25, -0.2) is 0 Å². The molecule has 1 fully saturated rings. The van der Waals surface area contributed by atoms with Gasteiger partial charge in [-0.05, 0) is 56.5 Å². The van der Waals surface area contributed by atoms with Crippen LogP contribution in [0, 0.1) is 11.3 Å². The van der Waals surface area contributed by atoms with Crippen LogP contribution in [0.25, 0.3) is 0 Å². The molecule has 1 N–H and O–H groups in total. The first-order valence-electron chi connectivity index (χ1n) is 7.82. The van der Waals surface area contributed by atoms with Gasteiger partial charge in [-0.1, -0.05) is 34.6 Å². The fourth-order valence-electron chi connectivity index (χ4n) is 3.33. The molecule has 0 spiro atoms. The molecule has 18 heavy (non-hydrogen) atoms. The molecule has 1 saturated carbocycles. The molecule has 3 atom stereocenters. The van der Waals surface area contributed by atoms with Gasteiger partial charge < -0.3 is 5.11 Å². The molecule has 0 radical (unpaired) electrons. The third-order valence-electron chi connectivity index (χ3n) is 4.50. The molecule has 2 heteroatoms. The summed E-state index contributed by atoms with van der Waals surface area (Å²) in [4.78, 5) is 2.53. The summed E-state index contributed by atoms with van der Waals surface area (Å²) in [6.07, 6.45) is 5.60. The van der Waals surface area contributed by atoms with E-state index in [-0.39, 0.29) is 6.10 Å². The normalized spacial score (nSPS) is 29.8. The van der Waals surface area contributed by atoms with Gasteiger partial charge in [-0.15, -0.1) is 0 Å². The van der Waals surface area contributed by atoms with Gasteiger partial charge in [-0.3, -0.25) is 4.90 Å². The Kier molecular flexibility index (Phi) is 6.13. The van der Waals surface area contributed by atoms with Crippen molar-refractivity contribution in [1.29, 1.82) is 0 Å². The maximum atomic E-state index is 10.3. The van der Waals surface area contributed by atoms with Crippen molar-refractivity contribution in [3.8, 4) is 0 Å². The molecule has 0 aromatic heterocycles. The fraction of sp³-hybridized carbons (Fsp3) is 1.00. The highest BCUT2D eigenvalue weighted by Gasteiger charge is 2.37. The second-order valence-corrected chi connectivity index (χ2v) is 7.05. The largest absolute Gasteiger partial charge is 0.391 e. The summed E-state index contributed by atoms with van der Waals surface area (Å²) in [5.41, 5.74) is 0.377. The molecule has 1 aliphatic carbocycles. The van der Waals surface area contributed by atoms with Crippen LogP contribution in [0.4, 0.5) is 0 Å². The molecule has 0 aromatic carbocycles. The molecule has 0 amide bonds. The lowest BCUT2D eigenvalue weighted by Crippen LogP contribution is -2.49. The molecular weight excluding hydrogens is 222 g/mol. The number of hydrogen-bond acceptors (Lipinski definition) is 2. The van der Waals surface area contributed by atoms with Gasteiger partial charge in [0.05, 0.1) is 6.10 Å². The highest BCUT2D eigenvalue weighted by molar-refractivity contribution is 4.90. The SMILES string of the molecule is CCCN(CCC)C1CC(C(C)(C)C)CCC1O. The third kappa shape index (κ3) is 4.24. The smallest absolute Gasteiger partial charge is 0.0695 e. The maximum absolute atomic E-state index is 10.3. The van der Waals surface area contributed by atoms with E-state index in [1.165, 1.54) is 25.7 Å². The quantitative estimate of drug-likeness (QED) is 0.810. The van der Waals surface area contributed by atoms with E-state index in [1.807, 2.05) is 0 Å². The summed E-state index contributed by atoms with van der Waals surface area (Å²) >= 11 is 0. The molecule has 0 bridgehead atoms. The van der Waals surface area contributed by atoms with E-state index < -0.39 is 0 Å². The average molecular weight is 255 g/mol. The molecule has 108 valence electrons. The van der Waals surface area contributed by atoms with E-state index in [0.29, 0.717) is 11.5 Å². The Morgan fingerprint density at radius 2 is 1.61 bits per heavy atom. The minimum Gasteiger partial charge on any atom is -0.391 e. The fourth-order valence-corrected chi connectivity index (χ4v) is 3.33. The summed E-state index contributed by atoms with van der Waals surface area (Å²) in [5, 5.41) is 10.3. The number of nitrogens with zero attached hydrogens (tertiary/aromatic N) is 1. The topological polar surface area (TPSA) is 23.5 Å². The first-order valence-corrected chi connectivity index (χ1v) is 7.82. The van der Waals surface area contributed by atoms with Gasteiger partial charge in [0, 0.05) is 6.04 Å². The number of aliphatic hydroxyl groups excluding tert-OH is 1. The van der Waals surface area contributed by atoms with Crippen LogP contribution in [0.5, 0.6) is 0 Å². The van der Waals surface area contributed by atoms with Crippen LogP contribution in [0.3, 0.4) is 0 Å². The zero-order valence-corrected chi connectivity index (χ0v) is 13.1. The lowest BCUT2D eigenvalue weighted by atomic mass is 9.70. The predicted molar refractivity (Wildman–Crippen MR) is 78.7 cm³/mol. The summed E-state index contributed by atoms with van der Waals surface area (Å²) in [6, 6.07) is 0.392. The van der Waals surface area contributed by atoms with E-state index in [2.05, 4.69) is 39.5 Å². The number of rotatable bonds is 5. The Hall–Kier alpha value is -0.0800. The highest BCUT2D eigenvalue weighted by atomic mass is 16.3. The Balaban J connectivity index is 2.70. The highest BCUT2D eigenvalue weighted by Crippen LogP contribution is 2.39. The Bertz CT molecular complexity index is 228. The van der Waals surface area contributed by atoms with Gasteiger partial charge in [-0.2, -0.15) is 0 Å². The molecule has 0 aromatic rings. The molecule has 0 heterocycles. The van der Waals surface area contributed by atoms with Gasteiger partial charge in [0.2, 0.25) is 0 Å². The Morgan fingerprint density at radius 1 is 1.06 bits per heavy atom. The number of hydrogen-bond donors (Lipinski definition) is 1. The first-order chi connectivity index (χ1) is 8.40. The lowest BCUT2D eigenvalue weighted by Gasteiger charge is -2.44. The molecule has 0 saturated heterocycles. The second kappa shape index (κ2) is 6.91. The van der Waals surface area contributed by atoms with Crippen molar-refractivity contribution < 1.29 is 5.11 Å². The van der Waals surface area contributed by atoms with Crippen molar-refractivity contribution in [2.45, 2.75) is 78.9 Å². The van der Waals surface area contributed by atoms with Crippen LogP contribution in [-0.2, 0) is 0 Å². The third-order valence-corrected chi connectivity index (χ3v) is 4.50. The summed E-state index contributed by atoms with van der Waals surface area (Å²) in [6.45, 7) is 13.8. The van der Waals surface area contributed by atoms with Crippen molar-refractivity contribution in [2.24, 2.45) is 11.3 Å². The average Bonchev–Trinajstić information content (AvgIpc) is 2.28. The van der Waals surface area contributed by atoms with Crippen LogP contribution >= 0.6 is 0 Å². The molecule has 2 nitrogen and oxygen atoms in total. The standard InChI is InChI=1S/C16H33NO/c1-6-10-17(11-7-2)14-12-13(16(3,4)5)8-9-15(14)18/h13-15,18H,6-12H2,1-5H3. The van der Waals surface area contributed by atoms with Gasteiger partial charge in [0.1, 0.15) is 0 Å². The Morgan fingerprint density at radius 3 is 2.06 bits per heavy atom. The van der Waals surface area contributed by atoms with Crippen LogP contribution < -0.4 is 0 Å². The number of aliphatic hydroxyl groups is 1. The van der Waals surface area contributed by atoms with Crippen molar-refractivity contribution in [2.75, 3.05) is 13.1 Å². The first kappa shape index (κ1) is 16.0. The van der Waals surface area contributed by atoms with Crippen LogP contribution in [0.15, 0.2) is 0 Å². The molecule has 3 unspecified atom stereocenters. The Labute approximate surface area is 114 Å². The van der Waals surface area contributed by atoms with Crippen LogP contribution in [-0.4, -0.2) is 35.2 Å². The summed E-state index contributed by atoms with van der Waals surface area (Å²) in [7, 11) is 0. The van der Waals surface area contributed by atoms with Crippen LogP contribution in [0.1, 0.15) is 66.7 Å². The van der Waals surface area contributed by atoms with Gasteiger partial charge in [0.15, 0.2) is 0 Å². The van der Waals surface area contributed by atoms with Gasteiger partial charge in [0.25, 0.3) is 0 Å². The minimum absolute atomic E-state index is 0.110. The summed E-state index contributed by atoms with van der Waals surface area (Å²) in [5.74, 6) is 0.752. The monoisotopic (exact) mass is 255 g/mol. The van der Waals surface area contributed by atoms with Crippen molar-refractivity contribution in [3.63, 3.8) is 0 Å². The van der Waals surface area contributed by atoms with E-state index in [0.717, 1.165) is 25.4 Å². The van der Waals surface area contributed by atoms with Crippen molar-refractivity contribution in [1.82, 2.24) is 4.90 Å². The minimum atomic E-state index is -0.110. The second-order valence-electron chi connectivity index (χ2n) is 7.05.